The summed E-state index contributed by atoms with van der Waals surface area (Å²) in [4.78, 5) is 14.0. The molecule has 2 fully saturated rings. The zero-order chi connectivity index (χ0) is 25.7. The normalized spacial score (nSPS) is 26.1. The number of ether oxygens (including phenoxy) is 1. The van der Waals surface area contributed by atoms with Gasteiger partial charge in [-0.3, -0.25) is 4.79 Å². The summed E-state index contributed by atoms with van der Waals surface area (Å²) in [5.74, 6) is -1.53. The Kier molecular flexibility index (Phi) is 6.60. The molecular weight excluding hydrogens is 483 g/mol. The van der Waals surface area contributed by atoms with E-state index in [9.17, 15) is 40.6 Å². The van der Waals surface area contributed by atoms with E-state index in [2.05, 4.69) is 0 Å². The lowest BCUT2D eigenvalue weighted by Crippen LogP contribution is -2.48. The maximum Gasteiger partial charge on any atom is 0.416 e. The maximum absolute atomic E-state index is 13.5. The zero-order valence-electron chi connectivity index (χ0n) is 18.4. The fraction of sp³-hybridized carbons (Fsp3) is 0.458. The van der Waals surface area contributed by atoms with E-state index in [1.165, 1.54) is 36.1 Å². The predicted molar refractivity (Wildman–Crippen MR) is 110 cm³/mol. The van der Waals surface area contributed by atoms with Crippen LogP contribution < -0.4 is 0 Å². The van der Waals surface area contributed by atoms with E-state index < -0.39 is 65.5 Å². The van der Waals surface area contributed by atoms with Crippen LogP contribution in [0, 0.1) is 5.82 Å². The average Bonchev–Trinajstić information content (AvgIpc) is 3.14. The number of halogens is 7. The lowest BCUT2D eigenvalue weighted by Gasteiger charge is -2.34. The third-order valence-electron chi connectivity index (χ3n) is 6.61. The summed E-state index contributed by atoms with van der Waals surface area (Å²) in [6.07, 6.45) is -12.6. The highest BCUT2D eigenvalue weighted by molar-refractivity contribution is 5.82. The number of aliphatic hydroxyl groups excluding tert-OH is 1. The van der Waals surface area contributed by atoms with Crippen molar-refractivity contribution in [3.8, 4) is 0 Å². The molecule has 190 valence electrons. The Morgan fingerprint density at radius 2 is 1.54 bits per heavy atom. The first-order chi connectivity index (χ1) is 16.3. The zero-order valence-corrected chi connectivity index (χ0v) is 18.4. The van der Waals surface area contributed by atoms with Crippen molar-refractivity contribution in [2.75, 3.05) is 6.54 Å². The van der Waals surface area contributed by atoms with E-state index in [-0.39, 0.29) is 24.6 Å². The average molecular weight is 505 g/mol. The van der Waals surface area contributed by atoms with Gasteiger partial charge in [-0.05, 0) is 61.2 Å². The number of aliphatic hydroxyl groups is 1. The van der Waals surface area contributed by atoms with Crippen LogP contribution in [0.1, 0.15) is 54.0 Å². The molecule has 2 heterocycles. The van der Waals surface area contributed by atoms with Gasteiger partial charge in [0, 0.05) is 18.5 Å². The minimum absolute atomic E-state index is 0.0158. The van der Waals surface area contributed by atoms with Crippen molar-refractivity contribution in [2.24, 2.45) is 0 Å². The van der Waals surface area contributed by atoms with Crippen molar-refractivity contribution in [3.05, 3.63) is 70.5 Å². The Hall–Kier alpha value is -2.66. The summed E-state index contributed by atoms with van der Waals surface area (Å²) in [5, 5.41) is 9.98. The van der Waals surface area contributed by atoms with Gasteiger partial charge in [0.15, 0.2) is 0 Å². The minimum Gasteiger partial charge on any atom is -0.383 e. The first kappa shape index (κ1) is 25.4. The molecule has 2 aliphatic rings. The number of piperidine rings is 1. The van der Waals surface area contributed by atoms with Crippen LogP contribution in [0.2, 0.25) is 0 Å². The molecule has 2 aliphatic heterocycles. The number of nitrogens with zero attached hydrogens (tertiary/aromatic N) is 1. The first-order valence-corrected chi connectivity index (χ1v) is 10.9. The largest absolute Gasteiger partial charge is 0.416 e. The Morgan fingerprint density at radius 1 is 0.971 bits per heavy atom. The van der Waals surface area contributed by atoms with E-state index in [1.54, 1.807) is 0 Å². The van der Waals surface area contributed by atoms with Crippen LogP contribution in [0.4, 0.5) is 30.7 Å². The van der Waals surface area contributed by atoms with Crippen molar-refractivity contribution >= 4 is 5.91 Å². The predicted octanol–water partition coefficient (Wildman–Crippen LogP) is 5.46. The first-order valence-electron chi connectivity index (χ1n) is 10.9. The second kappa shape index (κ2) is 9.09. The summed E-state index contributed by atoms with van der Waals surface area (Å²) in [6.45, 7) is 1.32. The summed E-state index contributed by atoms with van der Waals surface area (Å²) >= 11 is 0. The van der Waals surface area contributed by atoms with Gasteiger partial charge in [0.25, 0.3) is 5.91 Å². The Bertz CT molecular complexity index is 1050. The Labute approximate surface area is 196 Å². The van der Waals surface area contributed by atoms with E-state index in [1.807, 2.05) is 0 Å². The lowest BCUT2D eigenvalue weighted by molar-refractivity contribution is -0.146. The van der Waals surface area contributed by atoms with Crippen LogP contribution >= 0.6 is 0 Å². The Morgan fingerprint density at radius 3 is 2.09 bits per heavy atom. The summed E-state index contributed by atoms with van der Waals surface area (Å²) in [5.41, 5.74) is -2.61. The molecule has 2 aromatic rings. The topological polar surface area (TPSA) is 49.8 Å². The molecule has 0 spiro atoms. The van der Waals surface area contributed by atoms with E-state index in [0.717, 1.165) is 0 Å². The molecular formula is C24H22F7NO3. The van der Waals surface area contributed by atoms with Gasteiger partial charge in [-0.15, -0.1) is 0 Å². The number of hydrogen-bond donors (Lipinski definition) is 1. The number of hydrogen-bond acceptors (Lipinski definition) is 3. The van der Waals surface area contributed by atoms with Crippen LogP contribution in [0.25, 0.3) is 0 Å². The molecule has 0 bridgehead atoms. The number of benzene rings is 2. The molecule has 35 heavy (non-hydrogen) atoms. The maximum atomic E-state index is 13.5. The molecule has 4 rings (SSSR count). The number of amides is 1. The van der Waals surface area contributed by atoms with Crippen molar-refractivity contribution < 1.29 is 45.4 Å². The van der Waals surface area contributed by atoms with Crippen LogP contribution in [-0.4, -0.2) is 40.7 Å². The second-order valence-electron chi connectivity index (χ2n) is 8.88. The molecule has 0 aromatic heterocycles. The molecule has 2 saturated heterocycles. The van der Waals surface area contributed by atoms with Gasteiger partial charge in [-0.25, -0.2) is 4.39 Å². The number of carbonyl (C=O) groups is 1. The highest BCUT2D eigenvalue weighted by Crippen LogP contribution is 2.43. The van der Waals surface area contributed by atoms with Crippen LogP contribution in [-0.2, 0) is 21.9 Å². The number of rotatable bonds is 4. The molecule has 2 aromatic carbocycles. The highest BCUT2D eigenvalue weighted by atomic mass is 19.4. The third kappa shape index (κ3) is 5.16. The quantitative estimate of drug-likeness (QED) is 0.562. The van der Waals surface area contributed by atoms with Crippen molar-refractivity contribution in [3.63, 3.8) is 0 Å². The van der Waals surface area contributed by atoms with Gasteiger partial charge < -0.3 is 14.7 Å². The lowest BCUT2D eigenvalue weighted by atomic mass is 9.85. The van der Waals surface area contributed by atoms with Gasteiger partial charge in [0.1, 0.15) is 11.9 Å². The van der Waals surface area contributed by atoms with Gasteiger partial charge in [0.05, 0.1) is 23.3 Å². The van der Waals surface area contributed by atoms with Gasteiger partial charge >= 0.3 is 12.4 Å². The Balaban J connectivity index is 1.68. The minimum atomic E-state index is -5.00. The third-order valence-corrected chi connectivity index (χ3v) is 6.61. The summed E-state index contributed by atoms with van der Waals surface area (Å²) in [7, 11) is 0. The van der Waals surface area contributed by atoms with Crippen molar-refractivity contribution in [1.29, 1.82) is 0 Å². The fourth-order valence-electron chi connectivity index (χ4n) is 4.92. The van der Waals surface area contributed by atoms with Gasteiger partial charge in [0.2, 0.25) is 0 Å². The molecule has 0 aliphatic carbocycles. The number of carbonyl (C=O) groups excluding carboxylic acids is 1. The molecule has 1 amide bonds. The van der Waals surface area contributed by atoms with E-state index in [0.29, 0.717) is 24.1 Å². The molecule has 4 nitrogen and oxygen atoms in total. The van der Waals surface area contributed by atoms with Crippen molar-refractivity contribution in [1.82, 2.24) is 4.90 Å². The fourth-order valence-corrected chi connectivity index (χ4v) is 4.92. The number of fused-ring (bicyclic) bond motifs is 1. The highest BCUT2D eigenvalue weighted by Gasteiger charge is 2.49. The molecule has 11 heteroatoms. The van der Waals surface area contributed by atoms with Crippen LogP contribution in [0.5, 0.6) is 0 Å². The summed E-state index contributed by atoms with van der Waals surface area (Å²) < 4.78 is 99.3. The van der Waals surface area contributed by atoms with Crippen LogP contribution in [0.3, 0.4) is 0 Å². The number of alkyl halides is 6. The molecule has 1 N–H and O–H groups in total. The second-order valence-corrected chi connectivity index (χ2v) is 8.88. The molecule has 0 radical (unpaired) electrons. The smallest absolute Gasteiger partial charge is 0.383 e. The standard InChI is InChI=1S/C24H22F7NO3/c1-12(14-8-15(23(26,27)28)10-16(9-14)24(29,30)31)35-20-11-32-18(6-7-19(33)22(32)34)21(20)13-2-4-17(25)5-3-13/h2-5,8-10,12,18-21,33H,6-7,11H2,1H3/t12-,18+,19?,20+,21?/m1/s1. The van der Waals surface area contributed by atoms with Gasteiger partial charge in [-0.2, -0.15) is 26.3 Å². The van der Waals surface area contributed by atoms with E-state index >= 15 is 0 Å². The van der Waals surface area contributed by atoms with E-state index in [4.69, 9.17) is 4.74 Å². The molecule has 0 saturated carbocycles. The summed E-state index contributed by atoms with van der Waals surface area (Å²) in [6, 6.07) is 6.32. The SMILES string of the molecule is C[C@@H](O[C@H]1CN2C(=O)C(O)CC[C@H]2C1c1ccc(F)cc1)c1cc(C(F)(F)F)cc(C(F)(F)F)c1. The van der Waals surface area contributed by atoms with Crippen LogP contribution in [0.15, 0.2) is 42.5 Å². The monoisotopic (exact) mass is 505 g/mol. The van der Waals surface area contributed by atoms with Gasteiger partial charge in [-0.1, -0.05) is 12.1 Å². The molecule has 5 atom stereocenters. The molecule has 2 unspecified atom stereocenters. The van der Waals surface area contributed by atoms with Crippen molar-refractivity contribution in [2.45, 2.75) is 62.4 Å².